The van der Waals surface area contributed by atoms with E-state index in [-0.39, 0.29) is 11.3 Å². The van der Waals surface area contributed by atoms with Crippen molar-refractivity contribution in [3.63, 3.8) is 0 Å². The Kier molecular flexibility index (Phi) is 5.18. The second-order valence-electron chi connectivity index (χ2n) is 6.12. The molecule has 3 heterocycles. The average molecular weight is 368 g/mol. The zero-order valence-electron chi connectivity index (χ0n) is 15.2. The van der Waals surface area contributed by atoms with Crippen LogP contribution in [0.4, 0.5) is 0 Å². The first-order valence-electron chi connectivity index (χ1n) is 8.39. The van der Waals surface area contributed by atoms with E-state index in [1.54, 1.807) is 6.20 Å². The molecule has 0 aliphatic carbocycles. The number of rotatable bonds is 5. The molecule has 134 valence electrons. The van der Waals surface area contributed by atoms with Gasteiger partial charge in [0.15, 0.2) is 5.78 Å². The Morgan fingerprint density at radius 3 is 2.65 bits per heavy atom. The minimum absolute atomic E-state index is 0.0605. The van der Waals surface area contributed by atoms with Crippen LogP contribution in [0.3, 0.4) is 0 Å². The molecule has 3 aromatic heterocycles. The van der Waals surface area contributed by atoms with Crippen LogP contribution in [0.15, 0.2) is 34.2 Å². The molecule has 0 aliphatic heterocycles. The fourth-order valence-electron chi connectivity index (χ4n) is 2.74. The summed E-state index contributed by atoms with van der Waals surface area (Å²) in [5.41, 5.74) is 3.38. The van der Waals surface area contributed by atoms with Crippen LogP contribution < -0.4 is 5.56 Å². The van der Waals surface area contributed by atoms with Crippen molar-refractivity contribution in [1.82, 2.24) is 19.4 Å². The van der Waals surface area contributed by atoms with Crippen LogP contribution >= 0.6 is 11.8 Å². The van der Waals surface area contributed by atoms with Gasteiger partial charge in [-0.3, -0.25) is 14.0 Å². The van der Waals surface area contributed by atoms with E-state index in [1.807, 2.05) is 32.9 Å². The van der Waals surface area contributed by atoms with E-state index < -0.39 is 0 Å². The van der Waals surface area contributed by atoms with E-state index in [2.05, 4.69) is 15.0 Å². The van der Waals surface area contributed by atoms with Gasteiger partial charge in [-0.1, -0.05) is 24.8 Å². The van der Waals surface area contributed by atoms with Crippen molar-refractivity contribution in [3.05, 3.63) is 63.1 Å². The van der Waals surface area contributed by atoms with Gasteiger partial charge in [-0.15, -0.1) is 0 Å². The molecule has 6 nitrogen and oxygen atoms in total. The van der Waals surface area contributed by atoms with Crippen molar-refractivity contribution < 1.29 is 4.79 Å². The maximum absolute atomic E-state index is 12.3. The maximum Gasteiger partial charge on any atom is 0.258 e. The summed E-state index contributed by atoms with van der Waals surface area (Å²) < 4.78 is 1.54. The van der Waals surface area contributed by atoms with Crippen LogP contribution in [-0.4, -0.2) is 25.1 Å². The molecule has 0 saturated carbocycles. The zero-order valence-corrected chi connectivity index (χ0v) is 16.1. The Hall–Kier alpha value is -2.54. The summed E-state index contributed by atoms with van der Waals surface area (Å²) in [6.07, 6.45) is 2.47. The smallest absolute Gasteiger partial charge is 0.258 e. The number of fused-ring (bicyclic) bond motifs is 1. The molecule has 0 bridgehead atoms. The van der Waals surface area contributed by atoms with Crippen molar-refractivity contribution >= 4 is 23.2 Å². The van der Waals surface area contributed by atoms with Crippen LogP contribution in [-0.2, 0) is 12.2 Å². The van der Waals surface area contributed by atoms with E-state index >= 15 is 0 Å². The molecule has 0 fully saturated rings. The highest BCUT2D eigenvalue weighted by Gasteiger charge is 2.16. The number of ketones is 1. The second kappa shape index (κ2) is 7.37. The highest BCUT2D eigenvalue weighted by atomic mass is 32.2. The normalized spacial score (nSPS) is 11.1. The lowest BCUT2D eigenvalue weighted by Crippen LogP contribution is -2.15. The molecule has 0 saturated heterocycles. The topological polar surface area (TPSA) is 77.2 Å². The van der Waals surface area contributed by atoms with Gasteiger partial charge in [0.1, 0.15) is 16.5 Å². The van der Waals surface area contributed by atoms with E-state index in [9.17, 15) is 9.59 Å². The first kappa shape index (κ1) is 18.3. The SMILES string of the molecule is CCc1nc(C)c(C(C)=O)c(SCc2cc(=O)n3cc(C)ccc3n2)n1. The van der Waals surface area contributed by atoms with E-state index in [4.69, 9.17) is 0 Å². The first-order valence-corrected chi connectivity index (χ1v) is 9.37. The number of carbonyl (C=O) groups excluding carboxylic acids is 1. The third kappa shape index (κ3) is 3.67. The minimum Gasteiger partial charge on any atom is -0.294 e. The number of carbonyl (C=O) groups is 1. The number of hydrogen-bond donors (Lipinski definition) is 0. The third-order valence-electron chi connectivity index (χ3n) is 3.99. The van der Waals surface area contributed by atoms with Gasteiger partial charge in [0, 0.05) is 24.4 Å². The van der Waals surface area contributed by atoms with Crippen LogP contribution in [0, 0.1) is 13.8 Å². The van der Waals surface area contributed by atoms with Gasteiger partial charge < -0.3 is 0 Å². The Morgan fingerprint density at radius 1 is 1.19 bits per heavy atom. The molecular weight excluding hydrogens is 348 g/mol. The number of hydrogen-bond acceptors (Lipinski definition) is 6. The number of pyridine rings is 1. The predicted molar refractivity (Wildman–Crippen MR) is 102 cm³/mol. The number of thioether (sulfide) groups is 1. The summed E-state index contributed by atoms with van der Waals surface area (Å²) >= 11 is 1.41. The van der Waals surface area contributed by atoms with Gasteiger partial charge in [-0.05, 0) is 32.4 Å². The number of Topliss-reactive ketones (excluding diaryl/α,β-unsaturated/α-hetero) is 1. The summed E-state index contributed by atoms with van der Waals surface area (Å²) in [4.78, 5) is 37.8. The van der Waals surface area contributed by atoms with Crippen LogP contribution in [0.25, 0.3) is 5.65 Å². The van der Waals surface area contributed by atoms with E-state index in [0.717, 1.165) is 5.56 Å². The number of aromatic nitrogens is 4. The van der Waals surface area contributed by atoms with E-state index in [1.165, 1.54) is 29.2 Å². The van der Waals surface area contributed by atoms with Gasteiger partial charge >= 0.3 is 0 Å². The molecule has 0 N–H and O–H groups in total. The first-order chi connectivity index (χ1) is 12.4. The van der Waals surface area contributed by atoms with Crippen LogP contribution in [0.5, 0.6) is 0 Å². The van der Waals surface area contributed by atoms with Crippen LogP contribution in [0.2, 0.25) is 0 Å². The van der Waals surface area contributed by atoms with Gasteiger partial charge in [0.05, 0.1) is 17.0 Å². The molecule has 0 unspecified atom stereocenters. The van der Waals surface area contributed by atoms with Gasteiger partial charge in [-0.2, -0.15) is 0 Å². The summed E-state index contributed by atoms with van der Waals surface area (Å²) in [6.45, 7) is 7.25. The van der Waals surface area contributed by atoms with Crippen molar-refractivity contribution in [3.8, 4) is 0 Å². The van der Waals surface area contributed by atoms with Crippen molar-refractivity contribution in [2.24, 2.45) is 0 Å². The fourth-order valence-corrected chi connectivity index (χ4v) is 3.78. The molecule has 0 atom stereocenters. The van der Waals surface area contributed by atoms with Crippen molar-refractivity contribution in [2.45, 2.75) is 44.9 Å². The number of nitrogens with zero attached hydrogens (tertiary/aromatic N) is 4. The lowest BCUT2D eigenvalue weighted by Gasteiger charge is -2.10. The summed E-state index contributed by atoms with van der Waals surface area (Å²) in [7, 11) is 0. The molecule has 7 heteroatoms. The molecular formula is C19H20N4O2S. The molecule has 0 amide bonds. The molecule has 3 aromatic rings. The third-order valence-corrected chi connectivity index (χ3v) is 5.00. The lowest BCUT2D eigenvalue weighted by atomic mass is 10.2. The Morgan fingerprint density at radius 2 is 1.96 bits per heavy atom. The van der Waals surface area contributed by atoms with Gasteiger partial charge in [0.2, 0.25) is 0 Å². The fraction of sp³-hybridized carbons (Fsp3) is 0.316. The Labute approximate surface area is 155 Å². The Balaban J connectivity index is 1.95. The second-order valence-corrected chi connectivity index (χ2v) is 7.09. The minimum atomic E-state index is -0.116. The molecule has 0 aliphatic rings. The van der Waals surface area contributed by atoms with Crippen molar-refractivity contribution in [1.29, 1.82) is 0 Å². The molecule has 0 spiro atoms. The standard InChI is InChI=1S/C19H20N4O2S/c1-5-15-20-12(3)18(13(4)24)19(22-15)26-10-14-8-17(25)23-9-11(2)6-7-16(23)21-14/h6-9H,5,10H2,1-4H3. The number of aryl methyl sites for hydroxylation is 3. The quantitative estimate of drug-likeness (QED) is 0.391. The highest BCUT2D eigenvalue weighted by Crippen LogP contribution is 2.26. The summed E-state index contributed by atoms with van der Waals surface area (Å²) in [5, 5.41) is 0.646. The highest BCUT2D eigenvalue weighted by molar-refractivity contribution is 7.98. The molecule has 0 radical (unpaired) electrons. The largest absolute Gasteiger partial charge is 0.294 e. The molecule has 26 heavy (non-hydrogen) atoms. The average Bonchev–Trinajstić information content (AvgIpc) is 2.59. The molecule has 0 aromatic carbocycles. The van der Waals surface area contributed by atoms with Gasteiger partial charge in [0.25, 0.3) is 5.56 Å². The molecule has 3 rings (SSSR count). The lowest BCUT2D eigenvalue weighted by molar-refractivity contribution is 0.101. The Bertz CT molecular complexity index is 1060. The maximum atomic E-state index is 12.3. The van der Waals surface area contributed by atoms with E-state index in [0.29, 0.717) is 45.6 Å². The predicted octanol–water partition coefficient (Wildman–Crippen LogP) is 3.16. The zero-order chi connectivity index (χ0) is 18.8. The van der Waals surface area contributed by atoms with Crippen LogP contribution in [0.1, 0.15) is 47.0 Å². The summed E-state index contributed by atoms with van der Waals surface area (Å²) in [6, 6.07) is 5.28. The van der Waals surface area contributed by atoms with Gasteiger partial charge in [-0.25, -0.2) is 15.0 Å². The monoisotopic (exact) mass is 368 g/mol. The van der Waals surface area contributed by atoms with Crippen molar-refractivity contribution in [2.75, 3.05) is 0 Å². The summed E-state index contributed by atoms with van der Waals surface area (Å²) in [5.74, 6) is 1.10.